The lowest BCUT2D eigenvalue weighted by Crippen LogP contribution is -2.49. The van der Waals surface area contributed by atoms with E-state index in [1.165, 1.54) is 0 Å². The third-order valence-corrected chi connectivity index (χ3v) is 4.55. The van der Waals surface area contributed by atoms with Gasteiger partial charge in [-0.15, -0.1) is 0 Å². The monoisotopic (exact) mass is 283 g/mol. The predicted octanol–water partition coefficient (Wildman–Crippen LogP) is 0.432. The third-order valence-electron chi connectivity index (χ3n) is 4.55. The molecule has 2 rings (SSSR count). The molecule has 5 heteroatoms. The van der Waals surface area contributed by atoms with Crippen molar-refractivity contribution in [1.29, 1.82) is 0 Å². The third kappa shape index (κ3) is 4.72. The molecule has 0 radical (unpaired) electrons. The normalized spacial score (nSPS) is 24.2. The lowest BCUT2D eigenvalue weighted by molar-refractivity contribution is -0.123. The second-order valence-electron chi connectivity index (χ2n) is 6.48. The van der Waals surface area contributed by atoms with Crippen LogP contribution in [0, 0.1) is 0 Å². The number of aliphatic hydroxyl groups excluding tert-OH is 1. The first-order valence-electron chi connectivity index (χ1n) is 7.98. The highest BCUT2D eigenvalue weighted by molar-refractivity contribution is 5.78. The fourth-order valence-corrected chi connectivity index (χ4v) is 3.11. The summed E-state index contributed by atoms with van der Waals surface area (Å²) >= 11 is 0. The van der Waals surface area contributed by atoms with E-state index in [1.807, 2.05) is 0 Å². The number of nitrogens with one attached hydrogen (secondary N) is 1. The second kappa shape index (κ2) is 7.38. The van der Waals surface area contributed by atoms with Gasteiger partial charge in [-0.25, -0.2) is 0 Å². The minimum atomic E-state index is -0.172. The van der Waals surface area contributed by atoms with Crippen LogP contribution in [0.1, 0.15) is 39.5 Å². The van der Waals surface area contributed by atoms with Crippen molar-refractivity contribution in [1.82, 2.24) is 15.1 Å². The second-order valence-corrected chi connectivity index (χ2v) is 6.48. The van der Waals surface area contributed by atoms with Gasteiger partial charge in [-0.2, -0.15) is 0 Å². The van der Waals surface area contributed by atoms with E-state index in [0.29, 0.717) is 18.6 Å². The Balaban J connectivity index is 1.65. The summed E-state index contributed by atoms with van der Waals surface area (Å²) in [7, 11) is 0. The molecule has 2 heterocycles. The molecule has 1 amide bonds. The Morgan fingerprint density at radius 1 is 1.15 bits per heavy atom. The van der Waals surface area contributed by atoms with Gasteiger partial charge in [0.25, 0.3) is 0 Å². The zero-order valence-corrected chi connectivity index (χ0v) is 12.8. The summed E-state index contributed by atoms with van der Waals surface area (Å²) in [5.41, 5.74) is 0. The number of hydrogen-bond donors (Lipinski definition) is 2. The number of rotatable bonds is 4. The highest BCUT2D eigenvalue weighted by atomic mass is 16.3. The molecule has 2 aliphatic rings. The van der Waals surface area contributed by atoms with Gasteiger partial charge in [0.1, 0.15) is 0 Å². The van der Waals surface area contributed by atoms with Crippen molar-refractivity contribution in [3.8, 4) is 0 Å². The number of amides is 1. The minimum Gasteiger partial charge on any atom is -0.393 e. The number of aliphatic hydroxyl groups is 1. The molecule has 20 heavy (non-hydrogen) atoms. The van der Waals surface area contributed by atoms with Crippen LogP contribution in [0.4, 0.5) is 0 Å². The Kier molecular flexibility index (Phi) is 5.81. The van der Waals surface area contributed by atoms with Gasteiger partial charge < -0.3 is 15.3 Å². The quantitative estimate of drug-likeness (QED) is 0.786. The zero-order valence-electron chi connectivity index (χ0n) is 12.8. The molecule has 0 aromatic carbocycles. The molecule has 5 nitrogen and oxygen atoms in total. The zero-order chi connectivity index (χ0) is 14.5. The molecule has 0 bridgehead atoms. The summed E-state index contributed by atoms with van der Waals surface area (Å²) in [6.45, 7) is 8.77. The van der Waals surface area contributed by atoms with Crippen LogP contribution in [0.5, 0.6) is 0 Å². The summed E-state index contributed by atoms with van der Waals surface area (Å²) in [6, 6.07) is 0.944. The van der Waals surface area contributed by atoms with E-state index in [2.05, 4.69) is 29.0 Å². The topological polar surface area (TPSA) is 55.8 Å². The van der Waals surface area contributed by atoms with Crippen molar-refractivity contribution in [2.45, 2.75) is 57.7 Å². The number of likely N-dealkylation sites (tertiary alicyclic amines) is 2. The van der Waals surface area contributed by atoms with Crippen LogP contribution in [-0.2, 0) is 4.79 Å². The summed E-state index contributed by atoms with van der Waals surface area (Å²) in [5, 5.41) is 12.6. The van der Waals surface area contributed by atoms with E-state index in [-0.39, 0.29) is 12.0 Å². The van der Waals surface area contributed by atoms with Crippen LogP contribution >= 0.6 is 0 Å². The highest BCUT2D eigenvalue weighted by Gasteiger charge is 2.23. The molecule has 2 N–H and O–H groups in total. The first kappa shape index (κ1) is 15.7. The lowest BCUT2D eigenvalue weighted by atomic mass is 10.0. The summed E-state index contributed by atoms with van der Waals surface area (Å²) in [6.07, 6.45) is 3.53. The molecule has 0 aliphatic carbocycles. The minimum absolute atomic E-state index is 0.143. The Morgan fingerprint density at radius 2 is 1.75 bits per heavy atom. The first-order valence-corrected chi connectivity index (χ1v) is 7.98. The molecular formula is C15H29N3O2. The maximum Gasteiger partial charge on any atom is 0.234 e. The van der Waals surface area contributed by atoms with Crippen molar-refractivity contribution in [2.24, 2.45) is 0 Å². The van der Waals surface area contributed by atoms with E-state index in [9.17, 15) is 9.90 Å². The number of hydrogen-bond acceptors (Lipinski definition) is 4. The molecular weight excluding hydrogens is 254 g/mol. The summed E-state index contributed by atoms with van der Waals surface area (Å²) in [4.78, 5) is 16.7. The van der Waals surface area contributed by atoms with E-state index in [4.69, 9.17) is 0 Å². The van der Waals surface area contributed by atoms with Gasteiger partial charge in [0, 0.05) is 38.3 Å². The van der Waals surface area contributed by atoms with Crippen LogP contribution in [0.3, 0.4) is 0 Å². The Morgan fingerprint density at radius 3 is 2.30 bits per heavy atom. The fourth-order valence-electron chi connectivity index (χ4n) is 3.11. The Bertz CT molecular complexity index is 306. The average Bonchev–Trinajstić information content (AvgIpc) is 2.42. The maximum atomic E-state index is 12.0. The van der Waals surface area contributed by atoms with Gasteiger partial charge in [0.05, 0.1) is 12.6 Å². The van der Waals surface area contributed by atoms with Crippen LogP contribution in [0.15, 0.2) is 0 Å². The first-order chi connectivity index (χ1) is 9.54. The molecule has 116 valence electrons. The molecule has 2 saturated heterocycles. The number of piperidine rings is 2. The molecule has 0 aromatic rings. The van der Waals surface area contributed by atoms with Crippen LogP contribution < -0.4 is 5.32 Å². The highest BCUT2D eigenvalue weighted by Crippen LogP contribution is 2.13. The smallest absolute Gasteiger partial charge is 0.234 e. The summed E-state index contributed by atoms with van der Waals surface area (Å²) < 4.78 is 0. The lowest BCUT2D eigenvalue weighted by Gasteiger charge is -2.35. The molecule has 2 aliphatic heterocycles. The van der Waals surface area contributed by atoms with E-state index >= 15 is 0 Å². The van der Waals surface area contributed by atoms with E-state index in [0.717, 1.165) is 51.9 Å². The Labute approximate surface area is 122 Å². The number of carbonyl (C=O) groups excluding carboxylic acids is 1. The van der Waals surface area contributed by atoms with Crippen molar-refractivity contribution in [3.63, 3.8) is 0 Å². The predicted molar refractivity (Wildman–Crippen MR) is 79.6 cm³/mol. The largest absolute Gasteiger partial charge is 0.393 e. The SMILES string of the molecule is CC(C)N1CCC(NC(=O)CN2CCC(O)CC2)CC1. The fraction of sp³-hybridized carbons (Fsp3) is 0.933. The van der Waals surface area contributed by atoms with Crippen molar-refractivity contribution >= 4 is 5.91 Å². The van der Waals surface area contributed by atoms with Crippen molar-refractivity contribution < 1.29 is 9.90 Å². The average molecular weight is 283 g/mol. The van der Waals surface area contributed by atoms with Crippen LogP contribution in [0.2, 0.25) is 0 Å². The van der Waals surface area contributed by atoms with Gasteiger partial charge in [-0.05, 0) is 39.5 Å². The van der Waals surface area contributed by atoms with E-state index in [1.54, 1.807) is 0 Å². The number of carbonyl (C=O) groups is 1. The van der Waals surface area contributed by atoms with Gasteiger partial charge in [0.15, 0.2) is 0 Å². The van der Waals surface area contributed by atoms with Gasteiger partial charge in [0.2, 0.25) is 5.91 Å². The standard InChI is InChI=1S/C15H29N3O2/c1-12(2)18-9-3-13(4-10-18)16-15(20)11-17-7-5-14(19)6-8-17/h12-14,19H,3-11H2,1-2H3,(H,16,20). The molecule has 0 spiro atoms. The Hall–Kier alpha value is -0.650. The van der Waals surface area contributed by atoms with Crippen LogP contribution in [0.25, 0.3) is 0 Å². The molecule has 2 fully saturated rings. The van der Waals surface area contributed by atoms with Gasteiger partial charge in [-0.3, -0.25) is 9.69 Å². The number of nitrogens with zero attached hydrogens (tertiary/aromatic N) is 2. The van der Waals surface area contributed by atoms with Gasteiger partial charge >= 0.3 is 0 Å². The summed E-state index contributed by atoms with van der Waals surface area (Å²) in [5.74, 6) is 0.143. The molecule has 0 atom stereocenters. The maximum absolute atomic E-state index is 12.0. The molecule has 0 saturated carbocycles. The van der Waals surface area contributed by atoms with Crippen LogP contribution in [-0.4, -0.2) is 71.7 Å². The van der Waals surface area contributed by atoms with Crippen molar-refractivity contribution in [2.75, 3.05) is 32.7 Å². The molecule has 0 unspecified atom stereocenters. The van der Waals surface area contributed by atoms with Crippen molar-refractivity contribution in [3.05, 3.63) is 0 Å². The van der Waals surface area contributed by atoms with E-state index < -0.39 is 0 Å². The van der Waals surface area contributed by atoms with Gasteiger partial charge in [-0.1, -0.05) is 0 Å². The molecule has 0 aromatic heterocycles.